The molecule has 160 valence electrons. The molecule has 5 N–H and O–H groups in total. The first-order chi connectivity index (χ1) is 14.1. The van der Waals surface area contributed by atoms with Gasteiger partial charge in [0.1, 0.15) is 5.56 Å². The summed E-state index contributed by atoms with van der Waals surface area (Å²) in [6.45, 7) is 1.69. The minimum atomic E-state index is -3.04. The van der Waals surface area contributed by atoms with E-state index in [0.717, 1.165) is 0 Å². The van der Waals surface area contributed by atoms with Crippen LogP contribution in [0.15, 0.2) is 21.5 Å². The summed E-state index contributed by atoms with van der Waals surface area (Å²) in [7, 11) is 0. The van der Waals surface area contributed by atoms with E-state index in [-0.39, 0.29) is 30.0 Å². The monoisotopic (exact) mass is 439 g/mol. The second-order valence-electron chi connectivity index (χ2n) is 8.45. The Balaban J connectivity index is 1.77. The van der Waals surface area contributed by atoms with E-state index in [2.05, 4.69) is 4.98 Å². The Morgan fingerprint density at radius 1 is 1.27 bits per heavy atom. The summed E-state index contributed by atoms with van der Waals surface area (Å²) in [5.74, 6) is -5.60. The number of rotatable bonds is 2. The fourth-order valence-electron chi connectivity index (χ4n) is 5.15. The van der Waals surface area contributed by atoms with Gasteiger partial charge in [0.15, 0.2) is 11.6 Å². The van der Waals surface area contributed by atoms with E-state index in [1.165, 1.54) is 17.4 Å². The van der Waals surface area contributed by atoms with Gasteiger partial charge in [0, 0.05) is 27.8 Å². The second kappa shape index (κ2) is 6.10. The largest absolute Gasteiger partial charge is 0.504 e. The summed E-state index contributed by atoms with van der Waals surface area (Å²) in [4.78, 5) is 29.9. The van der Waals surface area contributed by atoms with Crippen molar-refractivity contribution in [2.45, 2.75) is 55.9 Å². The van der Waals surface area contributed by atoms with Crippen LogP contribution in [0.1, 0.15) is 64.7 Å². The average Bonchev–Trinajstić information content (AvgIpc) is 3.42. The van der Waals surface area contributed by atoms with Gasteiger partial charge in [0.2, 0.25) is 0 Å². The number of allylic oxidation sites excluding steroid dienone is 1. The highest BCUT2D eigenvalue weighted by Gasteiger charge is 2.59. The molecule has 2 aromatic rings. The van der Waals surface area contributed by atoms with Gasteiger partial charge < -0.3 is 15.8 Å². The number of nitrogens with two attached hydrogens (primary N) is 1. The molecule has 0 bridgehead atoms. The molecule has 3 atom stereocenters. The molecular formula is C20H20F3N3O3S. The van der Waals surface area contributed by atoms with Gasteiger partial charge in [-0.1, -0.05) is 6.92 Å². The molecule has 30 heavy (non-hydrogen) atoms. The predicted molar refractivity (Wildman–Crippen MR) is 106 cm³/mol. The highest BCUT2D eigenvalue weighted by molar-refractivity contribution is 7.12. The van der Waals surface area contributed by atoms with Crippen LogP contribution in [0.2, 0.25) is 0 Å². The molecule has 3 aliphatic carbocycles. The first-order valence-electron chi connectivity index (χ1n) is 9.81. The van der Waals surface area contributed by atoms with Crippen LogP contribution in [0.4, 0.5) is 13.2 Å². The Labute approximate surface area is 172 Å². The van der Waals surface area contributed by atoms with E-state index in [9.17, 15) is 23.5 Å². The van der Waals surface area contributed by atoms with Crippen molar-refractivity contribution in [3.8, 4) is 0 Å². The summed E-state index contributed by atoms with van der Waals surface area (Å²) in [5, 5.41) is 10.7. The zero-order chi connectivity index (χ0) is 21.6. The van der Waals surface area contributed by atoms with Gasteiger partial charge >= 0.3 is 5.69 Å². The number of aliphatic hydroxyl groups excluding tert-OH is 1. The minimum Gasteiger partial charge on any atom is -0.504 e. The minimum absolute atomic E-state index is 0.139. The Bertz CT molecular complexity index is 1210. The number of thiophene rings is 1. The van der Waals surface area contributed by atoms with Crippen molar-refractivity contribution in [2.24, 2.45) is 11.7 Å². The van der Waals surface area contributed by atoms with E-state index in [1.807, 2.05) is 4.98 Å². The fourth-order valence-corrected chi connectivity index (χ4v) is 6.71. The highest BCUT2D eigenvalue weighted by Crippen LogP contribution is 2.63. The van der Waals surface area contributed by atoms with Crippen molar-refractivity contribution in [3.05, 3.63) is 59.3 Å². The summed E-state index contributed by atoms with van der Waals surface area (Å²) in [6, 6.07) is 0.0624. The van der Waals surface area contributed by atoms with E-state index in [4.69, 9.17) is 5.73 Å². The predicted octanol–water partition coefficient (Wildman–Crippen LogP) is 3.37. The molecule has 1 fully saturated rings. The van der Waals surface area contributed by atoms with Crippen LogP contribution < -0.4 is 17.0 Å². The molecule has 0 radical (unpaired) electrons. The van der Waals surface area contributed by atoms with Gasteiger partial charge in [-0.3, -0.25) is 9.78 Å². The number of halogens is 3. The molecule has 3 aliphatic rings. The van der Waals surface area contributed by atoms with E-state index in [0.29, 0.717) is 28.2 Å². The standard InChI is InChI=1S/C20H20F3N3O3S/c1-7-13-12(17(28)26-18(29)25-13)14(27)15(21)20(7,8-2-3-8)11-6-9-10(30-11)4-5-19(22,23)16(9)24/h6-8,16,27H,2-5,24H2,1H3,(H2,25,26,28,29). The van der Waals surface area contributed by atoms with Crippen molar-refractivity contribution in [1.29, 1.82) is 0 Å². The van der Waals surface area contributed by atoms with Crippen molar-refractivity contribution < 1.29 is 18.3 Å². The van der Waals surface area contributed by atoms with Crippen LogP contribution in [0.5, 0.6) is 0 Å². The Morgan fingerprint density at radius 3 is 2.63 bits per heavy atom. The molecule has 1 saturated carbocycles. The van der Waals surface area contributed by atoms with Crippen molar-refractivity contribution >= 4 is 17.1 Å². The number of fused-ring (bicyclic) bond motifs is 2. The number of H-pyrrole nitrogens is 2. The van der Waals surface area contributed by atoms with E-state index >= 15 is 4.39 Å². The first kappa shape index (κ1) is 19.6. The van der Waals surface area contributed by atoms with Gasteiger partial charge in [0.05, 0.1) is 11.5 Å². The van der Waals surface area contributed by atoms with Gasteiger partial charge in [-0.05, 0) is 36.8 Å². The Hall–Kier alpha value is -2.33. The van der Waals surface area contributed by atoms with Crippen LogP contribution in [0, 0.1) is 5.92 Å². The molecule has 2 aromatic heterocycles. The molecule has 0 spiro atoms. The smallest absolute Gasteiger partial charge is 0.325 e. The summed E-state index contributed by atoms with van der Waals surface area (Å²) >= 11 is 1.23. The SMILES string of the molecule is CC1c2[nH]c(=O)[nH]c(=O)c2C(O)=C(F)C1(c1cc2c(s1)CCC(F)(F)C2N)C1CC1. The third kappa shape index (κ3) is 2.40. The lowest BCUT2D eigenvalue weighted by molar-refractivity contribution is -0.0392. The zero-order valence-corrected chi connectivity index (χ0v) is 16.8. The molecule has 10 heteroatoms. The lowest BCUT2D eigenvalue weighted by atomic mass is 9.64. The summed E-state index contributed by atoms with van der Waals surface area (Å²) in [5.41, 5.74) is 3.02. The van der Waals surface area contributed by atoms with Gasteiger partial charge in [-0.15, -0.1) is 11.3 Å². The first-order valence-corrected chi connectivity index (χ1v) is 10.6. The number of hydrogen-bond acceptors (Lipinski definition) is 5. The van der Waals surface area contributed by atoms with Crippen LogP contribution in [-0.2, 0) is 11.8 Å². The lowest BCUT2D eigenvalue weighted by Gasteiger charge is -2.41. The quantitative estimate of drug-likeness (QED) is 0.575. The highest BCUT2D eigenvalue weighted by atomic mass is 32.1. The molecule has 5 rings (SSSR count). The maximum absolute atomic E-state index is 15.9. The van der Waals surface area contributed by atoms with Crippen molar-refractivity contribution in [3.63, 3.8) is 0 Å². The van der Waals surface area contributed by atoms with Crippen LogP contribution in [0.3, 0.4) is 0 Å². The number of aliphatic hydroxyl groups is 1. The zero-order valence-electron chi connectivity index (χ0n) is 16.0. The molecule has 6 nitrogen and oxygen atoms in total. The lowest BCUT2D eigenvalue weighted by Crippen LogP contribution is -2.42. The fraction of sp³-hybridized carbons (Fsp3) is 0.500. The number of nitrogens with one attached hydrogen (secondary N) is 2. The molecule has 3 unspecified atom stereocenters. The van der Waals surface area contributed by atoms with Gasteiger partial charge in [-0.2, -0.15) is 0 Å². The van der Waals surface area contributed by atoms with Crippen molar-refractivity contribution in [2.75, 3.05) is 0 Å². The Morgan fingerprint density at radius 2 is 1.97 bits per heavy atom. The number of aromatic amines is 2. The second-order valence-corrected chi connectivity index (χ2v) is 9.59. The molecule has 0 saturated heterocycles. The molecule has 0 aliphatic heterocycles. The maximum atomic E-state index is 15.9. The molecular weight excluding hydrogens is 419 g/mol. The Kier molecular flexibility index (Phi) is 3.99. The summed E-state index contributed by atoms with van der Waals surface area (Å²) in [6.07, 6.45) is 1.12. The van der Waals surface area contributed by atoms with Crippen LogP contribution in [0.25, 0.3) is 5.76 Å². The van der Waals surface area contributed by atoms with Crippen molar-refractivity contribution in [1.82, 2.24) is 9.97 Å². The number of hydrogen-bond donors (Lipinski definition) is 4. The van der Waals surface area contributed by atoms with Crippen LogP contribution >= 0.6 is 11.3 Å². The molecule has 2 heterocycles. The topological polar surface area (TPSA) is 112 Å². The number of alkyl halides is 2. The summed E-state index contributed by atoms with van der Waals surface area (Å²) < 4.78 is 44.3. The average molecular weight is 439 g/mol. The van der Waals surface area contributed by atoms with E-state index < -0.39 is 46.1 Å². The van der Waals surface area contributed by atoms with Gasteiger partial charge in [0.25, 0.3) is 11.5 Å². The van der Waals surface area contributed by atoms with Crippen LogP contribution in [-0.4, -0.2) is 21.0 Å². The van der Waals surface area contributed by atoms with E-state index in [1.54, 1.807) is 6.92 Å². The molecule has 0 aromatic carbocycles. The third-order valence-corrected chi connectivity index (χ3v) is 8.20. The third-order valence-electron chi connectivity index (χ3n) is 6.84. The van der Waals surface area contributed by atoms with Gasteiger partial charge in [-0.25, -0.2) is 18.0 Å². The molecule has 0 amide bonds. The maximum Gasteiger partial charge on any atom is 0.325 e. The number of aromatic nitrogens is 2. The normalized spacial score (nSPS) is 30.2. The number of aryl methyl sites for hydroxylation is 1.